The summed E-state index contributed by atoms with van der Waals surface area (Å²) in [6.07, 6.45) is 1.50. The highest BCUT2D eigenvalue weighted by Crippen LogP contribution is 2.49. The van der Waals surface area contributed by atoms with Crippen molar-refractivity contribution in [3.05, 3.63) is 82.1 Å². The molecule has 7 heteroatoms. The van der Waals surface area contributed by atoms with E-state index in [1.807, 2.05) is 76.1 Å². The molecule has 194 valence electrons. The van der Waals surface area contributed by atoms with Crippen molar-refractivity contribution in [2.24, 2.45) is 0 Å². The zero-order valence-corrected chi connectivity index (χ0v) is 22.3. The van der Waals surface area contributed by atoms with Crippen LogP contribution in [0.5, 0.6) is 11.5 Å². The molecule has 0 atom stereocenters. The number of nitrogens with zero attached hydrogens (tertiary/aromatic N) is 2. The molecule has 0 fully saturated rings. The van der Waals surface area contributed by atoms with Crippen LogP contribution in [0.25, 0.3) is 27.6 Å². The van der Waals surface area contributed by atoms with E-state index in [0.717, 1.165) is 27.9 Å². The van der Waals surface area contributed by atoms with Gasteiger partial charge in [0.2, 0.25) is 5.78 Å². The average Bonchev–Trinajstić information content (AvgIpc) is 2.86. The number of phenolic OH excluding ortho intramolecular Hbond substituents is 1. The number of ether oxygens (including phenoxy) is 1. The number of anilines is 1. The third kappa shape index (κ3) is 3.74. The second-order valence-electron chi connectivity index (χ2n) is 9.96. The molecule has 2 aliphatic rings. The largest absolute Gasteiger partial charge is 0.507 e. The number of carbonyl (C=O) groups is 2. The smallest absolute Gasteiger partial charge is 0.202 e. The van der Waals surface area contributed by atoms with Crippen molar-refractivity contribution in [2.75, 3.05) is 39.7 Å². The molecule has 0 amide bonds. The van der Waals surface area contributed by atoms with Gasteiger partial charge in [0.15, 0.2) is 5.78 Å². The number of ketones is 2. The lowest BCUT2D eigenvalue weighted by Crippen LogP contribution is -2.27. The van der Waals surface area contributed by atoms with Gasteiger partial charge in [0.1, 0.15) is 17.3 Å². The molecule has 2 N–H and O–H groups in total. The first kappa shape index (κ1) is 25.1. The fourth-order valence-corrected chi connectivity index (χ4v) is 5.25. The maximum atomic E-state index is 13.7. The van der Waals surface area contributed by atoms with E-state index in [0.29, 0.717) is 23.3 Å². The van der Waals surface area contributed by atoms with Crippen molar-refractivity contribution in [2.45, 2.75) is 13.8 Å². The lowest BCUT2D eigenvalue weighted by atomic mass is 9.74. The number of hydrogen-bond acceptors (Lipinski definition) is 7. The molecule has 2 aliphatic carbocycles. The van der Waals surface area contributed by atoms with Crippen molar-refractivity contribution < 1.29 is 24.5 Å². The Morgan fingerprint density at radius 2 is 1.55 bits per heavy atom. The third-order valence-corrected chi connectivity index (χ3v) is 7.00. The third-order valence-electron chi connectivity index (χ3n) is 7.00. The van der Waals surface area contributed by atoms with Crippen LogP contribution in [-0.4, -0.2) is 61.5 Å². The molecule has 3 aromatic rings. The molecule has 5 rings (SSSR count). The van der Waals surface area contributed by atoms with Crippen LogP contribution < -0.4 is 9.64 Å². The number of fused-ring (bicyclic) bond motifs is 2. The van der Waals surface area contributed by atoms with Crippen molar-refractivity contribution >= 4 is 44.9 Å². The molecule has 0 bridgehead atoms. The summed E-state index contributed by atoms with van der Waals surface area (Å²) in [5.41, 5.74) is 4.27. The Hall–Kier alpha value is -4.52. The summed E-state index contributed by atoms with van der Waals surface area (Å²) in [4.78, 5) is 30.7. The maximum absolute atomic E-state index is 13.7. The van der Waals surface area contributed by atoms with Crippen LogP contribution in [0.4, 0.5) is 5.69 Å². The quantitative estimate of drug-likeness (QED) is 0.461. The number of hydrogen-bond donors (Lipinski definition) is 2. The molecule has 0 aromatic heterocycles. The van der Waals surface area contributed by atoms with Crippen molar-refractivity contribution in [3.63, 3.8) is 0 Å². The minimum atomic E-state index is -0.484. The average molecular weight is 511 g/mol. The Labute approximate surface area is 221 Å². The van der Waals surface area contributed by atoms with E-state index in [1.165, 1.54) is 6.08 Å². The SMILES string of the molecule is CCOc1ccc2c(C3=C(O)C(=C4C(=O)C=C(N(C)C)c5cc(C)ccc54)C3=O)c(O)cc(N(C)C)c2c1. The standard InChI is InChI=1S/C31H30N2O5/c1-7-38-17-9-11-19-21(13-17)23(33(5)6)15-25(35)27(19)29-30(36)28(31(29)37)26-18-10-8-16(2)12-20(18)22(32(3)4)14-24(26)34/h8-15,35-36H,7H2,1-6H3. The van der Waals surface area contributed by atoms with Gasteiger partial charge < -0.3 is 24.7 Å². The van der Waals surface area contributed by atoms with Gasteiger partial charge in [0.25, 0.3) is 0 Å². The summed E-state index contributed by atoms with van der Waals surface area (Å²) < 4.78 is 5.67. The molecule has 0 saturated carbocycles. The van der Waals surface area contributed by atoms with Crippen LogP contribution in [0.1, 0.15) is 29.2 Å². The molecule has 7 nitrogen and oxygen atoms in total. The van der Waals surface area contributed by atoms with Gasteiger partial charge in [0, 0.05) is 73.8 Å². The van der Waals surface area contributed by atoms with Gasteiger partial charge in [0.05, 0.1) is 17.8 Å². The van der Waals surface area contributed by atoms with E-state index in [2.05, 4.69) is 0 Å². The van der Waals surface area contributed by atoms with Gasteiger partial charge in [-0.2, -0.15) is 0 Å². The molecule has 0 unspecified atom stereocenters. The lowest BCUT2D eigenvalue weighted by molar-refractivity contribution is -0.113. The van der Waals surface area contributed by atoms with Crippen LogP contribution in [0, 0.1) is 6.92 Å². The van der Waals surface area contributed by atoms with Crippen LogP contribution in [0.15, 0.2) is 59.9 Å². The molecular formula is C31H30N2O5. The molecule has 0 radical (unpaired) electrons. The van der Waals surface area contributed by atoms with Gasteiger partial charge in [-0.25, -0.2) is 0 Å². The Bertz CT molecular complexity index is 1640. The number of allylic oxidation sites excluding steroid dienone is 4. The lowest BCUT2D eigenvalue weighted by Gasteiger charge is -2.30. The summed E-state index contributed by atoms with van der Waals surface area (Å²) in [5, 5.41) is 23.7. The summed E-state index contributed by atoms with van der Waals surface area (Å²) in [6.45, 7) is 4.35. The predicted octanol–water partition coefficient (Wildman–Crippen LogP) is 5.11. The molecule has 0 aliphatic heterocycles. The Morgan fingerprint density at radius 3 is 2.18 bits per heavy atom. The Morgan fingerprint density at radius 1 is 0.816 bits per heavy atom. The second kappa shape index (κ2) is 9.10. The number of phenols is 1. The van der Waals surface area contributed by atoms with Gasteiger partial charge in [-0.05, 0) is 49.1 Å². The highest BCUT2D eigenvalue weighted by molar-refractivity contribution is 6.48. The number of aliphatic hydroxyl groups excluding tert-OH is 1. The van der Waals surface area contributed by atoms with Crippen molar-refractivity contribution in [1.29, 1.82) is 0 Å². The van der Waals surface area contributed by atoms with E-state index >= 15 is 0 Å². The zero-order valence-electron chi connectivity index (χ0n) is 22.3. The first-order chi connectivity index (χ1) is 18.0. The highest BCUT2D eigenvalue weighted by Gasteiger charge is 2.42. The summed E-state index contributed by atoms with van der Waals surface area (Å²) in [5.74, 6) is -0.608. The molecule has 3 aromatic carbocycles. The maximum Gasteiger partial charge on any atom is 0.202 e. The van der Waals surface area contributed by atoms with Crippen LogP contribution >= 0.6 is 0 Å². The van der Waals surface area contributed by atoms with Gasteiger partial charge >= 0.3 is 0 Å². The topological polar surface area (TPSA) is 90.3 Å². The number of aromatic hydroxyl groups is 1. The zero-order chi connectivity index (χ0) is 27.5. The normalized spacial score (nSPS) is 16.8. The van der Waals surface area contributed by atoms with Gasteiger partial charge in [-0.15, -0.1) is 0 Å². The minimum absolute atomic E-state index is 0.00619. The number of aliphatic hydroxyl groups is 1. The number of aryl methyl sites for hydroxylation is 1. The van der Waals surface area contributed by atoms with E-state index in [-0.39, 0.29) is 39.6 Å². The van der Waals surface area contributed by atoms with E-state index in [9.17, 15) is 19.8 Å². The Kier molecular flexibility index (Phi) is 6.02. The molecule has 0 saturated heterocycles. The number of benzene rings is 3. The number of Topliss-reactive ketones (excluding diaryl/α,β-unsaturated/α-hetero) is 1. The summed E-state index contributed by atoms with van der Waals surface area (Å²) in [6, 6.07) is 12.6. The molecule has 0 spiro atoms. The monoisotopic (exact) mass is 510 g/mol. The van der Waals surface area contributed by atoms with Crippen molar-refractivity contribution in [1.82, 2.24) is 4.90 Å². The number of carbonyl (C=O) groups excluding carboxylic acids is 2. The highest BCUT2D eigenvalue weighted by atomic mass is 16.5. The van der Waals surface area contributed by atoms with E-state index in [4.69, 9.17) is 4.74 Å². The van der Waals surface area contributed by atoms with E-state index in [1.54, 1.807) is 18.2 Å². The van der Waals surface area contributed by atoms with Gasteiger partial charge in [-0.1, -0.05) is 17.7 Å². The van der Waals surface area contributed by atoms with Crippen LogP contribution in [-0.2, 0) is 9.59 Å². The predicted molar refractivity (Wildman–Crippen MR) is 150 cm³/mol. The van der Waals surface area contributed by atoms with Gasteiger partial charge in [-0.3, -0.25) is 9.59 Å². The fraction of sp³-hybridized carbons (Fsp3) is 0.226. The molecule has 0 heterocycles. The number of rotatable bonds is 5. The summed E-state index contributed by atoms with van der Waals surface area (Å²) >= 11 is 0. The Balaban J connectivity index is 1.76. The van der Waals surface area contributed by atoms with Crippen molar-refractivity contribution in [3.8, 4) is 11.5 Å². The first-order valence-electron chi connectivity index (χ1n) is 12.4. The van der Waals surface area contributed by atoms with Crippen LogP contribution in [0.2, 0.25) is 0 Å². The first-order valence-corrected chi connectivity index (χ1v) is 12.4. The minimum Gasteiger partial charge on any atom is -0.507 e. The summed E-state index contributed by atoms with van der Waals surface area (Å²) in [7, 11) is 7.43. The molecule has 38 heavy (non-hydrogen) atoms. The molecular weight excluding hydrogens is 480 g/mol. The fourth-order valence-electron chi connectivity index (χ4n) is 5.25. The van der Waals surface area contributed by atoms with Crippen LogP contribution in [0.3, 0.4) is 0 Å². The van der Waals surface area contributed by atoms with E-state index < -0.39 is 5.78 Å². The second-order valence-corrected chi connectivity index (χ2v) is 9.96.